The molecule has 0 radical (unpaired) electrons. The largest absolute Gasteiger partial charge is 0.469 e. The van der Waals surface area contributed by atoms with Gasteiger partial charge in [-0.05, 0) is 42.8 Å². The zero-order valence-electron chi connectivity index (χ0n) is 13.4. The Kier molecular flexibility index (Phi) is 4.40. The normalized spacial score (nSPS) is 10.8. The molecule has 0 fully saturated rings. The van der Waals surface area contributed by atoms with Crippen LogP contribution in [0.3, 0.4) is 0 Å². The zero-order chi connectivity index (χ0) is 17.3. The minimum atomic E-state index is -0.387. The van der Waals surface area contributed by atoms with Crippen LogP contribution in [0.5, 0.6) is 0 Å². The van der Waals surface area contributed by atoms with Gasteiger partial charge in [-0.25, -0.2) is 0 Å². The van der Waals surface area contributed by atoms with Crippen molar-refractivity contribution in [2.45, 2.75) is 13.3 Å². The fraction of sp³-hybridized carbons (Fsp3) is 0.158. The first-order valence-corrected chi connectivity index (χ1v) is 7.85. The molecule has 0 amide bonds. The minimum absolute atomic E-state index is 0.0359. The first-order chi connectivity index (χ1) is 11.5. The highest BCUT2D eigenvalue weighted by Gasteiger charge is 2.21. The molecule has 0 aliphatic heterocycles. The van der Waals surface area contributed by atoms with E-state index in [4.69, 9.17) is 16.3 Å². The maximum Gasteiger partial charge on any atom is 0.310 e. The Morgan fingerprint density at radius 3 is 2.50 bits per heavy atom. The van der Waals surface area contributed by atoms with Crippen molar-refractivity contribution in [3.8, 4) is 0 Å². The lowest BCUT2D eigenvalue weighted by Gasteiger charge is -2.04. The van der Waals surface area contributed by atoms with Gasteiger partial charge in [-0.3, -0.25) is 9.59 Å². The van der Waals surface area contributed by atoms with Crippen molar-refractivity contribution >= 4 is 34.3 Å². The molecule has 0 aliphatic carbocycles. The number of methoxy groups -OCH3 is 1. The van der Waals surface area contributed by atoms with Crippen molar-refractivity contribution in [1.29, 1.82) is 0 Å². The predicted octanol–water partition coefficient (Wildman–Crippen LogP) is 4.08. The summed E-state index contributed by atoms with van der Waals surface area (Å²) in [6.07, 6.45) is 0.0359. The van der Waals surface area contributed by atoms with Crippen LogP contribution in [0.1, 0.15) is 27.2 Å². The Morgan fingerprint density at radius 2 is 1.83 bits per heavy atom. The lowest BCUT2D eigenvalue weighted by Crippen LogP contribution is -2.10. The number of fused-ring (bicyclic) bond motifs is 1. The van der Waals surface area contributed by atoms with E-state index in [9.17, 15) is 9.59 Å². The number of hydrogen-bond acceptors (Lipinski definition) is 3. The second-order valence-electron chi connectivity index (χ2n) is 5.62. The number of ketones is 1. The van der Waals surface area contributed by atoms with Crippen LogP contribution in [0.4, 0.5) is 0 Å². The van der Waals surface area contributed by atoms with Crippen molar-refractivity contribution in [2.75, 3.05) is 7.11 Å². The Bertz CT molecular complexity index is 926. The molecule has 0 saturated heterocycles. The third-order valence-electron chi connectivity index (χ3n) is 3.94. The molecule has 0 bridgehead atoms. The summed E-state index contributed by atoms with van der Waals surface area (Å²) in [6, 6.07) is 12.5. The number of benzene rings is 2. The minimum Gasteiger partial charge on any atom is -0.469 e. The second-order valence-corrected chi connectivity index (χ2v) is 6.05. The van der Waals surface area contributed by atoms with Gasteiger partial charge in [0.25, 0.3) is 0 Å². The van der Waals surface area contributed by atoms with Crippen LogP contribution < -0.4 is 0 Å². The number of carbonyl (C=O) groups excluding carboxylic acids is 2. The number of H-pyrrole nitrogens is 1. The zero-order valence-corrected chi connectivity index (χ0v) is 14.1. The molecule has 0 aliphatic rings. The molecule has 0 spiro atoms. The summed E-state index contributed by atoms with van der Waals surface area (Å²) in [5, 5.41) is 1.41. The van der Waals surface area contributed by atoms with Crippen LogP contribution in [-0.2, 0) is 16.0 Å². The quantitative estimate of drug-likeness (QED) is 0.574. The number of aromatic amines is 1. The highest BCUT2D eigenvalue weighted by Crippen LogP contribution is 2.26. The highest BCUT2D eigenvalue weighted by molar-refractivity contribution is 6.30. The Labute approximate surface area is 144 Å². The molecule has 4 nitrogen and oxygen atoms in total. The number of hydrogen-bond donors (Lipinski definition) is 1. The predicted molar refractivity (Wildman–Crippen MR) is 93.6 cm³/mol. The number of ether oxygens (including phenoxy) is 1. The summed E-state index contributed by atoms with van der Waals surface area (Å²) >= 11 is 5.88. The molecule has 1 aromatic heterocycles. The van der Waals surface area contributed by atoms with Crippen molar-refractivity contribution in [3.05, 3.63) is 69.9 Å². The van der Waals surface area contributed by atoms with E-state index in [0.717, 1.165) is 16.5 Å². The van der Waals surface area contributed by atoms with Gasteiger partial charge in [-0.1, -0.05) is 23.7 Å². The molecule has 24 heavy (non-hydrogen) atoms. The van der Waals surface area contributed by atoms with Gasteiger partial charge in [-0.2, -0.15) is 0 Å². The van der Waals surface area contributed by atoms with Crippen LogP contribution in [0.15, 0.2) is 42.5 Å². The van der Waals surface area contributed by atoms with Gasteiger partial charge in [0.1, 0.15) is 0 Å². The maximum atomic E-state index is 12.9. The molecule has 122 valence electrons. The average molecular weight is 342 g/mol. The molecular weight excluding hydrogens is 326 g/mol. The molecule has 1 heterocycles. The second kappa shape index (κ2) is 6.49. The number of carbonyl (C=O) groups is 2. The fourth-order valence-electron chi connectivity index (χ4n) is 2.71. The molecule has 2 aromatic carbocycles. The first-order valence-electron chi connectivity index (χ1n) is 7.48. The SMILES string of the molecule is COC(=O)Cc1c(C(=O)c2ccc(Cl)cc2)[nH]c2cc(C)ccc12. The summed E-state index contributed by atoms with van der Waals surface area (Å²) < 4.78 is 4.77. The number of halogens is 1. The van der Waals surface area contributed by atoms with Crippen LogP contribution in [0, 0.1) is 6.92 Å². The van der Waals surface area contributed by atoms with Gasteiger partial charge < -0.3 is 9.72 Å². The van der Waals surface area contributed by atoms with E-state index in [0.29, 0.717) is 21.8 Å². The van der Waals surface area contributed by atoms with E-state index in [1.54, 1.807) is 24.3 Å². The van der Waals surface area contributed by atoms with Crippen molar-refractivity contribution < 1.29 is 14.3 Å². The van der Waals surface area contributed by atoms with Crippen LogP contribution in [0.25, 0.3) is 10.9 Å². The average Bonchev–Trinajstić information content (AvgIpc) is 2.92. The lowest BCUT2D eigenvalue weighted by molar-refractivity contribution is -0.139. The van der Waals surface area contributed by atoms with E-state index >= 15 is 0 Å². The number of aromatic nitrogens is 1. The number of esters is 1. The molecule has 5 heteroatoms. The summed E-state index contributed by atoms with van der Waals surface area (Å²) in [4.78, 5) is 27.8. The van der Waals surface area contributed by atoms with Gasteiger partial charge in [-0.15, -0.1) is 0 Å². The van der Waals surface area contributed by atoms with E-state index in [1.165, 1.54) is 7.11 Å². The summed E-state index contributed by atoms with van der Waals surface area (Å²) in [6.45, 7) is 1.97. The number of nitrogens with one attached hydrogen (secondary N) is 1. The Hall–Kier alpha value is -2.59. The standard InChI is InChI=1S/C19H16ClNO3/c1-11-3-8-14-15(10-17(22)24-2)18(21-16(14)9-11)19(23)12-4-6-13(20)7-5-12/h3-9,21H,10H2,1-2H3. The summed E-state index contributed by atoms with van der Waals surface area (Å²) in [5.74, 6) is -0.568. The molecular formula is C19H16ClNO3. The molecule has 3 aromatic rings. The molecule has 0 saturated carbocycles. The van der Waals surface area contributed by atoms with Gasteiger partial charge >= 0.3 is 5.97 Å². The highest BCUT2D eigenvalue weighted by atomic mass is 35.5. The van der Waals surface area contributed by atoms with Crippen molar-refractivity contribution in [3.63, 3.8) is 0 Å². The monoisotopic (exact) mass is 341 g/mol. The van der Waals surface area contributed by atoms with Crippen molar-refractivity contribution in [1.82, 2.24) is 4.98 Å². The topological polar surface area (TPSA) is 59.2 Å². The van der Waals surface area contributed by atoms with E-state index in [2.05, 4.69) is 4.98 Å². The smallest absolute Gasteiger partial charge is 0.310 e. The van der Waals surface area contributed by atoms with Crippen molar-refractivity contribution in [2.24, 2.45) is 0 Å². The van der Waals surface area contributed by atoms with Gasteiger partial charge in [0.15, 0.2) is 0 Å². The summed E-state index contributed by atoms with van der Waals surface area (Å²) in [7, 11) is 1.34. The third kappa shape index (κ3) is 3.05. The molecule has 1 N–H and O–H groups in total. The fourth-order valence-corrected chi connectivity index (χ4v) is 2.83. The maximum absolute atomic E-state index is 12.9. The van der Waals surface area contributed by atoms with Gasteiger partial charge in [0.05, 0.1) is 19.2 Å². The molecule has 0 unspecified atom stereocenters. The van der Waals surface area contributed by atoms with Gasteiger partial charge in [0.2, 0.25) is 5.78 Å². The Morgan fingerprint density at radius 1 is 1.12 bits per heavy atom. The number of rotatable bonds is 4. The van der Waals surface area contributed by atoms with E-state index < -0.39 is 0 Å². The van der Waals surface area contributed by atoms with Crippen LogP contribution >= 0.6 is 11.6 Å². The van der Waals surface area contributed by atoms with Gasteiger partial charge in [0, 0.05) is 27.1 Å². The van der Waals surface area contributed by atoms with Crippen LogP contribution in [-0.4, -0.2) is 23.8 Å². The summed E-state index contributed by atoms with van der Waals surface area (Å²) in [5.41, 5.74) is 3.46. The Balaban J connectivity index is 2.14. The molecule has 3 rings (SSSR count). The first kappa shape index (κ1) is 16.3. The number of aryl methyl sites for hydroxylation is 1. The lowest BCUT2D eigenvalue weighted by atomic mass is 10.0. The van der Waals surface area contributed by atoms with E-state index in [-0.39, 0.29) is 18.2 Å². The van der Waals surface area contributed by atoms with E-state index in [1.807, 2.05) is 25.1 Å². The molecule has 0 atom stereocenters. The van der Waals surface area contributed by atoms with Crippen LogP contribution in [0.2, 0.25) is 5.02 Å². The third-order valence-corrected chi connectivity index (χ3v) is 4.20.